The molecule has 1 heterocycles. The maximum atomic E-state index is 11.8. The van der Waals surface area contributed by atoms with Gasteiger partial charge in [-0.25, -0.2) is 4.79 Å². The minimum absolute atomic E-state index is 0. The molecule has 1 aliphatic rings. The van der Waals surface area contributed by atoms with Gasteiger partial charge in [-0.1, -0.05) is 30.3 Å². The van der Waals surface area contributed by atoms with Crippen LogP contribution >= 0.6 is 24.0 Å². The molecular weight excluding hydrogens is 481 g/mol. The fourth-order valence-electron chi connectivity index (χ4n) is 3.35. The Hall–Kier alpha value is -1.55. The second kappa shape index (κ2) is 13.6. The topological polar surface area (TPSA) is 69.2 Å². The van der Waals surface area contributed by atoms with Crippen molar-refractivity contribution in [2.75, 3.05) is 46.9 Å². The van der Waals surface area contributed by atoms with Gasteiger partial charge in [0.2, 0.25) is 0 Å². The second-order valence-electron chi connectivity index (χ2n) is 7.21. The maximum absolute atomic E-state index is 11.8. The average Bonchev–Trinajstić information content (AvgIpc) is 2.69. The van der Waals surface area contributed by atoms with Crippen LogP contribution in [0.4, 0.5) is 4.79 Å². The van der Waals surface area contributed by atoms with Gasteiger partial charge in [0.25, 0.3) is 0 Å². The summed E-state index contributed by atoms with van der Waals surface area (Å²) in [5.74, 6) is 0.833. The molecule has 2 rings (SSSR count). The van der Waals surface area contributed by atoms with Gasteiger partial charge in [-0.2, -0.15) is 0 Å². The molecule has 164 valence electrons. The van der Waals surface area contributed by atoms with Gasteiger partial charge in [-0.3, -0.25) is 4.99 Å². The molecule has 0 radical (unpaired) electrons. The molecule has 2 N–H and O–H groups in total. The predicted molar refractivity (Wildman–Crippen MR) is 129 cm³/mol. The quantitative estimate of drug-likeness (QED) is 0.331. The number of carbonyl (C=O) groups is 1. The van der Waals surface area contributed by atoms with Crippen molar-refractivity contribution in [2.45, 2.75) is 38.8 Å². The number of guanidine groups is 1. The van der Waals surface area contributed by atoms with Crippen molar-refractivity contribution in [1.82, 2.24) is 20.4 Å². The summed E-state index contributed by atoms with van der Waals surface area (Å²) >= 11 is 0. The van der Waals surface area contributed by atoms with Gasteiger partial charge in [0.05, 0.1) is 19.2 Å². The molecule has 1 fully saturated rings. The Morgan fingerprint density at radius 3 is 2.45 bits per heavy atom. The number of hydrogen-bond donors (Lipinski definition) is 2. The third-order valence-electron chi connectivity index (χ3n) is 4.94. The van der Waals surface area contributed by atoms with E-state index in [2.05, 4.69) is 60.8 Å². The molecule has 0 saturated carbocycles. The number of aliphatic imine (C=N–C) groups is 1. The fraction of sp³-hybridized carbons (Fsp3) is 0.619. The first-order chi connectivity index (χ1) is 13.5. The van der Waals surface area contributed by atoms with E-state index in [1.807, 2.05) is 13.0 Å². The van der Waals surface area contributed by atoms with E-state index >= 15 is 0 Å². The SMILES string of the molecule is CCNC(=NCC(c1ccccc1)N(C)C)NC1CCN(C(=O)OCC)CC1.I. The van der Waals surface area contributed by atoms with E-state index in [0.29, 0.717) is 32.3 Å². The van der Waals surface area contributed by atoms with Crippen LogP contribution in [0.15, 0.2) is 35.3 Å². The maximum Gasteiger partial charge on any atom is 0.409 e. The van der Waals surface area contributed by atoms with Crippen molar-refractivity contribution in [3.8, 4) is 0 Å². The van der Waals surface area contributed by atoms with E-state index in [9.17, 15) is 4.79 Å². The van der Waals surface area contributed by atoms with Gasteiger partial charge in [-0.05, 0) is 46.3 Å². The molecule has 0 bridgehead atoms. The lowest BCUT2D eigenvalue weighted by atomic mass is 10.1. The van der Waals surface area contributed by atoms with Crippen LogP contribution in [0.1, 0.15) is 38.3 Å². The normalized spacial score (nSPS) is 16.2. The number of benzene rings is 1. The summed E-state index contributed by atoms with van der Waals surface area (Å²) in [4.78, 5) is 20.7. The molecule has 1 aromatic carbocycles. The lowest BCUT2D eigenvalue weighted by Crippen LogP contribution is -2.50. The van der Waals surface area contributed by atoms with Crippen LogP contribution in [-0.2, 0) is 4.74 Å². The number of piperidine rings is 1. The molecule has 1 unspecified atom stereocenters. The summed E-state index contributed by atoms with van der Waals surface area (Å²) in [6.45, 7) is 7.23. The molecule has 0 spiro atoms. The van der Waals surface area contributed by atoms with Crippen molar-refractivity contribution in [1.29, 1.82) is 0 Å². The van der Waals surface area contributed by atoms with Crippen molar-refractivity contribution in [3.05, 3.63) is 35.9 Å². The van der Waals surface area contributed by atoms with Crippen molar-refractivity contribution in [2.24, 2.45) is 4.99 Å². The number of likely N-dealkylation sites (N-methyl/N-ethyl adjacent to an activating group) is 1. The Morgan fingerprint density at radius 1 is 1.24 bits per heavy atom. The lowest BCUT2D eigenvalue weighted by molar-refractivity contribution is 0.0963. The van der Waals surface area contributed by atoms with Crippen LogP contribution in [0.2, 0.25) is 0 Å². The number of ether oxygens (including phenoxy) is 1. The Morgan fingerprint density at radius 2 is 1.90 bits per heavy atom. The highest BCUT2D eigenvalue weighted by atomic mass is 127. The number of amides is 1. The first kappa shape index (κ1) is 25.5. The van der Waals surface area contributed by atoms with E-state index in [1.54, 1.807) is 4.90 Å². The molecule has 8 heteroatoms. The highest BCUT2D eigenvalue weighted by Crippen LogP contribution is 2.18. The third-order valence-corrected chi connectivity index (χ3v) is 4.94. The van der Waals surface area contributed by atoms with Gasteiger partial charge >= 0.3 is 6.09 Å². The Balaban J connectivity index is 0.00000420. The second-order valence-corrected chi connectivity index (χ2v) is 7.21. The zero-order valence-electron chi connectivity index (χ0n) is 18.1. The standard InChI is InChI=1S/C21H35N5O2.HI/c1-5-22-20(23-16-19(25(3)4)17-10-8-7-9-11-17)24-18-12-14-26(15-13-18)21(27)28-6-2;/h7-11,18-19H,5-6,12-16H2,1-4H3,(H2,22,23,24);1H. The van der Waals surface area contributed by atoms with Crippen LogP contribution < -0.4 is 10.6 Å². The first-order valence-electron chi connectivity index (χ1n) is 10.2. The summed E-state index contributed by atoms with van der Waals surface area (Å²) in [6.07, 6.45) is 1.57. The van der Waals surface area contributed by atoms with E-state index in [0.717, 1.165) is 25.3 Å². The monoisotopic (exact) mass is 517 g/mol. The Kier molecular flexibility index (Phi) is 12.0. The average molecular weight is 517 g/mol. The largest absolute Gasteiger partial charge is 0.450 e. The summed E-state index contributed by atoms with van der Waals surface area (Å²) in [5.41, 5.74) is 1.26. The smallest absolute Gasteiger partial charge is 0.409 e. The van der Waals surface area contributed by atoms with E-state index in [4.69, 9.17) is 9.73 Å². The zero-order chi connectivity index (χ0) is 20.4. The lowest BCUT2D eigenvalue weighted by Gasteiger charge is -2.32. The molecule has 1 amide bonds. The number of rotatable bonds is 7. The minimum atomic E-state index is -0.210. The molecule has 1 saturated heterocycles. The summed E-state index contributed by atoms with van der Waals surface area (Å²) < 4.78 is 5.09. The van der Waals surface area contributed by atoms with Crippen molar-refractivity contribution in [3.63, 3.8) is 0 Å². The molecule has 7 nitrogen and oxygen atoms in total. The van der Waals surface area contributed by atoms with Crippen molar-refractivity contribution >= 4 is 36.0 Å². The minimum Gasteiger partial charge on any atom is -0.450 e. The molecule has 1 aromatic rings. The van der Waals surface area contributed by atoms with E-state index in [1.165, 1.54) is 5.56 Å². The molecule has 1 aliphatic heterocycles. The van der Waals surface area contributed by atoms with Gasteiger partial charge in [-0.15, -0.1) is 24.0 Å². The Bertz CT molecular complexity index is 619. The highest BCUT2D eigenvalue weighted by Gasteiger charge is 2.24. The number of nitrogens with zero attached hydrogens (tertiary/aromatic N) is 3. The molecule has 1 atom stereocenters. The van der Waals surface area contributed by atoms with Crippen LogP contribution in [0.3, 0.4) is 0 Å². The van der Waals surface area contributed by atoms with Crippen molar-refractivity contribution < 1.29 is 9.53 Å². The van der Waals surface area contributed by atoms with Gasteiger partial charge < -0.3 is 25.2 Å². The first-order valence-corrected chi connectivity index (χ1v) is 10.2. The zero-order valence-corrected chi connectivity index (χ0v) is 20.4. The summed E-state index contributed by atoms with van der Waals surface area (Å²) in [5, 5.41) is 6.88. The third kappa shape index (κ3) is 8.38. The number of carbonyl (C=O) groups excluding carboxylic acids is 1. The molecule has 0 aliphatic carbocycles. The van der Waals surface area contributed by atoms with Gasteiger partial charge in [0.1, 0.15) is 0 Å². The number of halogens is 1. The molecule has 29 heavy (non-hydrogen) atoms. The predicted octanol–water partition coefficient (Wildman–Crippen LogP) is 3.08. The van der Waals surface area contributed by atoms with E-state index in [-0.39, 0.29) is 36.1 Å². The number of hydrogen-bond acceptors (Lipinski definition) is 4. The van der Waals surface area contributed by atoms with Crippen LogP contribution in [0.5, 0.6) is 0 Å². The molecule has 0 aromatic heterocycles. The van der Waals surface area contributed by atoms with Crippen LogP contribution in [0, 0.1) is 0 Å². The van der Waals surface area contributed by atoms with Crippen LogP contribution in [-0.4, -0.2) is 74.8 Å². The fourth-order valence-corrected chi connectivity index (χ4v) is 3.35. The molecular formula is C21H36IN5O2. The Labute approximate surface area is 192 Å². The number of nitrogens with one attached hydrogen (secondary N) is 2. The van der Waals surface area contributed by atoms with E-state index < -0.39 is 0 Å². The highest BCUT2D eigenvalue weighted by molar-refractivity contribution is 14.0. The summed E-state index contributed by atoms with van der Waals surface area (Å²) in [7, 11) is 4.16. The van der Waals surface area contributed by atoms with Crippen LogP contribution in [0.25, 0.3) is 0 Å². The van der Waals surface area contributed by atoms with Gasteiger partial charge in [0.15, 0.2) is 5.96 Å². The van der Waals surface area contributed by atoms with Gasteiger partial charge in [0, 0.05) is 25.7 Å². The number of likely N-dealkylation sites (tertiary alicyclic amines) is 1. The summed E-state index contributed by atoms with van der Waals surface area (Å²) in [6, 6.07) is 11.0.